The highest BCUT2D eigenvalue weighted by molar-refractivity contribution is 5.55. The second-order valence-electron chi connectivity index (χ2n) is 7.00. The molecule has 3 heteroatoms. The second kappa shape index (κ2) is 7.98. The third-order valence-electron chi connectivity index (χ3n) is 5.01. The van der Waals surface area contributed by atoms with E-state index in [0.29, 0.717) is 12.1 Å². The van der Waals surface area contributed by atoms with Crippen molar-refractivity contribution in [2.75, 3.05) is 46.2 Å². The van der Waals surface area contributed by atoms with Gasteiger partial charge in [0.2, 0.25) is 0 Å². The number of rotatable bonds is 6. The normalized spacial score (nSPS) is 21.1. The molecule has 0 aliphatic carbocycles. The van der Waals surface area contributed by atoms with Gasteiger partial charge in [0.25, 0.3) is 0 Å². The number of anilines is 1. The van der Waals surface area contributed by atoms with Gasteiger partial charge in [0.1, 0.15) is 0 Å². The largest absolute Gasteiger partial charge is 0.370 e. The van der Waals surface area contributed by atoms with E-state index in [1.165, 1.54) is 50.0 Å². The molecule has 0 aromatic heterocycles. The average Bonchev–Trinajstić information content (AvgIpc) is 2.51. The molecule has 3 nitrogen and oxygen atoms in total. The summed E-state index contributed by atoms with van der Waals surface area (Å²) in [5.41, 5.74) is 2.89. The van der Waals surface area contributed by atoms with Crippen LogP contribution >= 0.6 is 0 Å². The molecule has 0 spiro atoms. The summed E-state index contributed by atoms with van der Waals surface area (Å²) >= 11 is 0. The van der Waals surface area contributed by atoms with E-state index >= 15 is 0 Å². The zero-order valence-electron chi connectivity index (χ0n) is 15.0. The third-order valence-corrected chi connectivity index (χ3v) is 5.01. The molecule has 22 heavy (non-hydrogen) atoms. The van der Waals surface area contributed by atoms with E-state index < -0.39 is 0 Å². The van der Waals surface area contributed by atoms with Crippen molar-refractivity contribution in [3.05, 3.63) is 29.8 Å². The first kappa shape index (κ1) is 17.3. The van der Waals surface area contributed by atoms with Crippen LogP contribution in [0.1, 0.15) is 44.2 Å². The zero-order chi connectivity index (χ0) is 16.1. The van der Waals surface area contributed by atoms with Gasteiger partial charge in [-0.05, 0) is 58.6 Å². The molecule has 0 N–H and O–H groups in total. The summed E-state index contributed by atoms with van der Waals surface area (Å²) in [6.07, 6.45) is 5.03. The molecule has 1 aliphatic heterocycles. The Morgan fingerprint density at radius 2 is 1.95 bits per heavy atom. The summed E-state index contributed by atoms with van der Waals surface area (Å²) in [7, 11) is 8.92. The Balaban J connectivity index is 2.26. The number of benzene rings is 1. The van der Waals surface area contributed by atoms with Crippen molar-refractivity contribution in [2.24, 2.45) is 0 Å². The second-order valence-corrected chi connectivity index (χ2v) is 7.00. The summed E-state index contributed by atoms with van der Waals surface area (Å²) < 4.78 is 0. The van der Waals surface area contributed by atoms with Gasteiger partial charge in [0.15, 0.2) is 0 Å². The van der Waals surface area contributed by atoms with Crippen LogP contribution in [0.5, 0.6) is 0 Å². The van der Waals surface area contributed by atoms with Crippen LogP contribution < -0.4 is 4.90 Å². The molecular formula is C19H33N3. The number of para-hydroxylation sites is 1. The Bertz CT molecular complexity index is 458. The maximum absolute atomic E-state index is 2.52. The fourth-order valence-electron chi connectivity index (χ4n) is 3.71. The SMILES string of the molecule is CCCC(c1ccccc1N(C)C1CCCN(C)C1)N(C)C. The molecule has 1 fully saturated rings. The van der Waals surface area contributed by atoms with Crippen molar-refractivity contribution in [1.29, 1.82) is 0 Å². The van der Waals surface area contributed by atoms with Gasteiger partial charge in [-0.2, -0.15) is 0 Å². The molecule has 1 heterocycles. The van der Waals surface area contributed by atoms with Gasteiger partial charge in [-0.3, -0.25) is 0 Å². The summed E-state index contributed by atoms with van der Waals surface area (Å²) in [5, 5.41) is 0. The first-order valence-corrected chi connectivity index (χ1v) is 8.71. The Kier molecular flexibility index (Phi) is 6.27. The van der Waals surface area contributed by atoms with E-state index in [0.717, 1.165) is 0 Å². The van der Waals surface area contributed by atoms with Crippen LogP contribution in [0.2, 0.25) is 0 Å². The number of likely N-dealkylation sites (tertiary alicyclic amines) is 1. The molecule has 1 aromatic carbocycles. The number of likely N-dealkylation sites (N-methyl/N-ethyl adjacent to an activating group) is 2. The smallest absolute Gasteiger partial charge is 0.0415 e. The highest BCUT2D eigenvalue weighted by Gasteiger charge is 2.25. The fourth-order valence-corrected chi connectivity index (χ4v) is 3.71. The molecule has 1 aromatic rings. The minimum atomic E-state index is 0.505. The molecule has 2 unspecified atom stereocenters. The Hall–Kier alpha value is -1.06. The van der Waals surface area contributed by atoms with Crippen LogP contribution in [0, 0.1) is 0 Å². The number of hydrogen-bond acceptors (Lipinski definition) is 3. The molecule has 0 amide bonds. The lowest BCUT2D eigenvalue weighted by molar-refractivity contribution is 0.246. The first-order valence-electron chi connectivity index (χ1n) is 8.71. The van der Waals surface area contributed by atoms with Crippen molar-refractivity contribution in [2.45, 2.75) is 44.7 Å². The highest BCUT2D eigenvalue weighted by Crippen LogP contribution is 2.33. The predicted octanol–water partition coefficient (Wildman–Crippen LogP) is 3.62. The Labute approximate surface area is 136 Å². The molecule has 0 radical (unpaired) electrons. The van der Waals surface area contributed by atoms with E-state index in [1.807, 2.05) is 0 Å². The van der Waals surface area contributed by atoms with E-state index in [-0.39, 0.29) is 0 Å². The van der Waals surface area contributed by atoms with Crippen molar-refractivity contribution in [3.8, 4) is 0 Å². The van der Waals surface area contributed by atoms with Crippen LogP contribution in [-0.4, -0.2) is 57.1 Å². The van der Waals surface area contributed by atoms with Crippen molar-refractivity contribution in [3.63, 3.8) is 0 Å². The Morgan fingerprint density at radius 3 is 2.59 bits per heavy atom. The quantitative estimate of drug-likeness (QED) is 0.795. The zero-order valence-corrected chi connectivity index (χ0v) is 15.0. The van der Waals surface area contributed by atoms with Crippen molar-refractivity contribution in [1.82, 2.24) is 9.80 Å². The monoisotopic (exact) mass is 303 g/mol. The van der Waals surface area contributed by atoms with Crippen LogP contribution in [0.3, 0.4) is 0 Å². The van der Waals surface area contributed by atoms with Crippen molar-refractivity contribution >= 4 is 5.69 Å². The fraction of sp³-hybridized carbons (Fsp3) is 0.684. The average molecular weight is 303 g/mol. The number of piperidine rings is 1. The maximum Gasteiger partial charge on any atom is 0.0415 e. The van der Waals surface area contributed by atoms with Crippen molar-refractivity contribution < 1.29 is 0 Å². The summed E-state index contributed by atoms with van der Waals surface area (Å²) in [4.78, 5) is 7.35. The molecule has 2 rings (SSSR count). The molecule has 1 saturated heterocycles. The number of hydrogen-bond donors (Lipinski definition) is 0. The van der Waals surface area contributed by atoms with Crippen LogP contribution in [0.4, 0.5) is 5.69 Å². The van der Waals surface area contributed by atoms with Gasteiger partial charge < -0.3 is 14.7 Å². The van der Waals surface area contributed by atoms with Gasteiger partial charge in [0.05, 0.1) is 0 Å². The lowest BCUT2D eigenvalue weighted by atomic mass is 9.97. The number of nitrogens with zero attached hydrogens (tertiary/aromatic N) is 3. The highest BCUT2D eigenvalue weighted by atomic mass is 15.2. The topological polar surface area (TPSA) is 9.72 Å². The molecule has 0 bridgehead atoms. The van der Waals surface area contributed by atoms with Gasteiger partial charge >= 0.3 is 0 Å². The molecular weight excluding hydrogens is 270 g/mol. The lowest BCUT2D eigenvalue weighted by Gasteiger charge is -2.39. The van der Waals surface area contributed by atoms with E-state index in [9.17, 15) is 0 Å². The van der Waals surface area contributed by atoms with Crippen LogP contribution in [0.15, 0.2) is 24.3 Å². The predicted molar refractivity (Wildman–Crippen MR) is 96.7 cm³/mol. The van der Waals surface area contributed by atoms with Gasteiger partial charge in [-0.1, -0.05) is 31.5 Å². The van der Waals surface area contributed by atoms with Crippen LogP contribution in [0.25, 0.3) is 0 Å². The van der Waals surface area contributed by atoms with E-state index in [2.05, 4.69) is 74.1 Å². The third kappa shape index (κ3) is 4.02. The molecule has 124 valence electrons. The van der Waals surface area contributed by atoms with Crippen LogP contribution in [-0.2, 0) is 0 Å². The minimum Gasteiger partial charge on any atom is -0.370 e. The van der Waals surface area contributed by atoms with E-state index in [1.54, 1.807) is 0 Å². The molecule has 2 atom stereocenters. The lowest BCUT2D eigenvalue weighted by Crippen LogP contribution is -2.45. The van der Waals surface area contributed by atoms with E-state index in [4.69, 9.17) is 0 Å². The maximum atomic E-state index is 2.52. The Morgan fingerprint density at radius 1 is 1.23 bits per heavy atom. The molecule has 1 aliphatic rings. The summed E-state index contributed by atoms with van der Waals surface area (Å²) in [6, 6.07) is 10.1. The minimum absolute atomic E-state index is 0.505. The summed E-state index contributed by atoms with van der Waals surface area (Å²) in [6.45, 7) is 4.69. The van der Waals surface area contributed by atoms with Gasteiger partial charge in [-0.15, -0.1) is 0 Å². The standard InChI is InChI=1S/C19H33N3/c1-6-10-18(20(2)3)17-12-7-8-13-19(17)22(5)16-11-9-14-21(4)15-16/h7-8,12-13,16,18H,6,9-11,14-15H2,1-5H3. The van der Waals surface area contributed by atoms with Gasteiger partial charge in [-0.25, -0.2) is 0 Å². The van der Waals surface area contributed by atoms with Gasteiger partial charge in [0, 0.05) is 31.4 Å². The summed E-state index contributed by atoms with van der Waals surface area (Å²) in [5.74, 6) is 0. The first-order chi connectivity index (χ1) is 10.5. The molecule has 0 saturated carbocycles.